The van der Waals surface area contributed by atoms with E-state index in [1.165, 1.54) is 64.2 Å². The molecular formula is C16H33NO3S. The van der Waals surface area contributed by atoms with Crippen molar-refractivity contribution in [3.63, 3.8) is 0 Å². The van der Waals surface area contributed by atoms with Gasteiger partial charge in [-0.15, -0.1) is 0 Å². The van der Waals surface area contributed by atoms with Crippen LogP contribution in [0.5, 0.6) is 0 Å². The predicted molar refractivity (Wildman–Crippen MR) is 88.2 cm³/mol. The summed E-state index contributed by atoms with van der Waals surface area (Å²) in [6.45, 7) is 3.69. The average Bonchev–Trinajstić information content (AvgIpc) is 2.45. The first-order chi connectivity index (χ1) is 10.0. The Hall–Kier alpha value is -0.130. The van der Waals surface area contributed by atoms with Gasteiger partial charge in [0.1, 0.15) is 0 Å². The third-order valence-corrected chi connectivity index (χ3v) is 5.22. The van der Waals surface area contributed by atoms with Crippen molar-refractivity contribution in [3.05, 3.63) is 0 Å². The second-order valence-corrected chi connectivity index (χ2v) is 7.95. The maximum atomic E-state index is 11.0. The fourth-order valence-corrected chi connectivity index (χ4v) is 3.72. The van der Waals surface area contributed by atoms with Crippen molar-refractivity contribution < 1.29 is 13.0 Å². The predicted octanol–water partition coefficient (Wildman–Crippen LogP) is 3.87. The average molecular weight is 320 g/mol. The lowest BCUT2D eigenvalue weighted by Gasteiger charge is -2.34. The largest absolute Gasteiger partial charge is 0.299 e. The zero-order valence-corrected chi connectivity index (χ0v) is 14.4. The lowest BCUT2D eigenvalue weighted by molar-refractivity contribution is 0.160. The van der Waals surface area contributed by atoms with E-state index in [0.29, 0.717) is 12.6 Å². The lowest BCUT2D eigenvalue weighted by atomic mass is 9.94. The molecule has 0 amide bonds. The highest BCUT2D eigenvalue weighted by Crippen LogP contribution is 2.23. The first-order valence-electron chi connectivity index (χ1n) is 8.72. The van der Waals surface area contributed by atoms with Crippen LogP contribution < -0.4 is 0 Å². The molecule has 0 aromatic carbocycles. The van der Waals surface area contributed by atoms with E-state index in [2.05, 4.69) is 11.8 Å². The minimum absolute atomic E-state index is 0.126. The lowest BCUT2D eigenvalue weighted by Crippen LogP contribution is -2.40. The molecule has 0 atom stereocenters. The van der Waals surface area contributed by atoms with Crippen LogP contribution in [0.15, 0.2) is 0 Å². The quantitative estimate of drug-likeness (QED) is 0.464. The van der Waals surface area contributed by atoms with Crippen LogP contribution in [0, 0.1) is 0 Å². The molecule has 21 heavy (non-hydrogen) atoms. The summed E-state index contributed by atoms with van der Waals surface area (Å²) in [5.41, 5.74) is 0. The SMILES string of the molecule is CCCCCCCCN(CCS(=O)(=O)O)C1CCCCC1. The van der Waals surface area contributed by atoms with Gasteiger partial charge in [-0.2, -0.15) is 8.42 Å². The van der Waals surface area contributed by atoms with Crippen LogP contribution in [0.2, 0.25) is 0 Å². The van der Waals surface area contributed by atoms with Gasteiger partial charge >= 0.3 is 0 Å². The van der Waals surface area contributed by atoms with E-state index in [4.69, 9.17) is 4.55 Å². The number of rotatable bonds is 11. The molecule has 0 radical (unpaired) electrons. The summed E-state index contributed by atoms with van der Waals surface area (Å²) in [5, 5.41) is 0. The third kappa shape index (κ3) is 9.48. The van der Waals surface area contributed by atoms with Gasteiger partial charge in [0.25, 0.3) is 10.1 Å². The molecule has 0 aliphatic heterocycles. The number of hydrogen-bond acceptors (Lipinski definition) is 3. The Kier molecular flexibility index (Phi) is 9.52. The number of nitrogens with zero attached hydrogens (tertiary/aromatic N) is 1. The molecule has 5 heteroatoms. The van der Waals surface area contributed by atoms with Crippen LogP contribution in [-0.4, -0.2) is 42.8 Å². The smallest absolute Gasteiger partial charge is 0.266 e. The summed E-state index contributed by atoms with van der Waals surface area (Å²) in [5.74, 6) is -0.126. The molecule has 126 valence electrons. The van der Waals surface area contributed by atoms with Gasteiger partial charge in [-0.1, -0.05) is 58.3 Å². The topological polar surface area (TPSA) is 57.6 Å². The summed E-state index contributed by atoms with van der Waals surface area (Å²) < 4.78 is 31.0. The van der Waals surface area contributed by atoms with E-state index in [9.17, 15) is 8.42 Å². The van der Waals surface area contributed by atoms with E-state index in [-0.39, 0.29) is 5.75 Å². The fourth-order valence-electron chi connectivity index (χ4n) is 3.25. The Morgan fingerprint density at radius 2 is 1.57 bits per heavy atom. The maximum Gasteiger partial charge on any atom is 0.266 e. The van der Waals surface area contributed by atoms with Crippen LogP contribution in [-0.2, 0) is 10.1 Å². The molecule has 0 spiro atoms. The molecule has 0 bridgehead atoms. The molecule has 0 saturated heterocycles. The van der Waals surface area contributed by atoms with Gasteiger partial charge in [-0.05, 0) is 25.8 Å². The van der Waals surface area contributed by atoms with E-state index >= 15 is 0 Å². The van der Waals surface area contributed by atoms with Crippen LogP contribution in [0.3, 0.4) is 0 Å². The molecule has 1 N–H and O–H groups in total. The summed E-state index contributed by atoms with van der Waals surface area (Å²) in [6, 6.07) is 0.524. The third-order valence-electron chi connectivity index (χ3n) is 4.53. The molecule has 1 aliphatic rings. The molecule has 0 aromatic heterocycles. The summed E-state index contributed by atoms with van der Waals surface area (Å²) in [7, 11) is -3.84. The van der Waals surface area contributed by atoms with Crippen molar-refractivity contribution in [2.45, 2.75) is 83.6 Å². The highest BCUT2D eigenvalue weighted by molar-refractivity contribution is 7.85. The summed E-state index contributed by atoms with van der Waals surface area (Å²) in [4.78, 5) is 2.31. The summed E-state index contributed by atoms with van der Waals surface area (Å²) >= 11 is 0. The Balaban J connectivity index is 2.32. The number of unbranched alkanes of at least 4 members (excludes halogenated alkanes) is 5. The monoisotopic (exact) mass is 319 g/mol. The Labute approximate surface area is 131 Å². The van der Waals surface area contributed by atoms with Crippen LogP contribution in [0.1, 0.15) is 77.6 Å². The minimum Gasteiger partial charge on any atom is -0.299 e. The minimum atomic E-state index is -3.84. The van der Waals surface area contributed by atoms with Crippen molar-refractivity contribution in [2.24, 2.45) is 0 Å². The van der Waals surface area contributed by atoms with Crippen LogP contribution >= 0.6 is 0 Å². The van der Waals surface area contributed by atoms with Crippen molar-refractivity contribution >= 4 is 10.1 Å². The maximum absolute atomic E-state index is 11.0. The molecule has 1 rings (SSSR count). The first-order valence-corrected chi connectivity index (χ1v) is 10.3. The molecule has 0 heterocycles. The highest BCUT2D eigenvalue weighted by Gasteiger charge is 2.21. The van der Waals surface area contributed by atoms with Gasteiger partial charge in [0, 0.05) is 12.6 Å². The van der Waals surface area contributed by atoms with Gasteiger partial charge in [0.05, 0.1) is 5.75 Å². The molecule has 1 saturated carbocycles. The molecule has 1 fully saturated rings. The Morgan fingerprint density at radius 1 is 0.952 bits per heavy atom. The van der Waals surface area contributed by atoms with E-state index < -0.39 is 10.1 Å². The fraction of sp³-hybridized carbons (Fsp3) is 1.00. The van der Waals surface area contributed by atoms with Crippen molar-refractivity contribution in [2.75, 3.05) is 18.8 Å². The second-order valence-electron chi connectivity index (χ2n) is 6.38. The Morgan fingerprint density at radius 3 is 2.19 bits per heavy atom. The Bertz CT molecular complexity index is 351. The van der Waals surface area contributed by atoms with Crippen molar-refractivity contribution in [1.82, 2.24) is 4.90 Å². The first kappa shape index (κ1) is 18.9. The zero-order chi connectivity index (χ0) is 15.6. The van der Waals surface area contributed by atoms with Crippen molar-refractivity contribution in [3.8, 4) is 0 Å². The normalized spacial score (nSPS) is 17.5. The van der Waals surface area contributed by atoms with E-state index in [1.54, 1.807) is 0 Å². The van der Waals surface area contributed by atoms with Gasteiger partial charge < -0.3 is 0 Å². The molecule has 4 nitrogen and oxygen atoms in total. The molecule has 0 aromatic rings. The standard InChI is InChI=1S/C16H33NO3S/c1-2-3-4-5-6-10-13-17(14-15-21(18,19)20)16-11-8-7-9-12-16/h16H,2-15H2,1H3,(H,18,19,20). The van der Waals surface area contributed by atoms with Gasteiger partial charge in [-0.3, -0.25) is 9.45 Å². The van der Waals surface area contributed by atoms with Gasteiger partial charge in [-0.25, -0.2) is 0 Å². The van der Waals surface area contributed by atoms with Gasteiger partial charge in [0.15, 0.2) is 0 Å². The van der Waals surface area contributed by atoms with Crippen molar-refractivity contribution in [1.29, 1.82) is 0 Å². The van der Waals surface area contributed by atoms with Crippen LogP contribution in [0.4, 0.5) is 0 Å². The molecule has 1 aliphatic carbocycles. The summed E-state index contributed by atoms with van der Waals surface area (Å²) in [6.07, 6.45) is 13.7. The second kappa shape index (κ2) is 10.6. The van der Waals surface area contributed by atoms with Crippen LogP contribution in [0.25, 0.3) is 0 Å². The van der Waals surface area contributed by atoms with E-state index in [1.807, 2.05) is 0 Å². The van der Waals surface area contributed by atoms with E-state index in [0.717, 1.165) is 13.0 Å². The van der Waals surface area contributed by atoms with Gasteiger partial charge in [0.2, 0.25) is 0 Å². The number of hydrogen-bond donors (Lipinski definition) is 1. The highest BCUT2D eigenvalue weighted by atomic mass is 32.2. The zero-order valence-electron chi connectivity index (χ0n) is 13.6. The molecular weight excluding hydrogens is 286 g/mol. The molecule has 0 unspecified atom stereocenters.